The summed E-state index contributed by atoms with van der Waals surface area (Å²) in [5, 5.41) is 15.5. The Kier molecular flexibility index (Phi) is 6.52. The Morgan fingerprint density at radius 3 is 2.70 bits per heavy atom. The number of aromatic nitrogens is 4. The van der Waals surface area contributed by atoms with Crippen LogP contribution >= 0.6 is 0 Å². The van der Waals surface area contributed by atoms with Crippen LogP contribution in [0.15, 0.2) is 30.3 Å². The van der Waals surface area contributed by atoms with Gasteiger partial charge in [-0.1, -0.05) is 30.3 Å². The summed E-state index contributed by atoms with van der Waals surface area (Å²) in [6.45, 7) is 8.84. The second-order valence-corrected chi connectivity index (χ2v) is 7.37. The van der Waals surface area contributed by atoms with Crippen molar-refractivity contribution in [1.29, 1.82) is 0 Å². The third-order valence-corrected chi connectivity index (χ3v) is 4.83. The average Bonchev–Trinajstić information content (AvgIpc) is 3.17. The fourth-order valence-corrected chi connectivity index (χ4v) is 3.11. The van der Waals surface area contributed by atoms with Gasteiger partial charge in [0.05, 0.1) is 19.8 Å². The van der Waals surface area contributed by atoms with E-state index < -0.39 is 0 Å². The van der Waals surface area contributed by atoms with E-state index in [-0.39, 0.29) is 11.4 Å². The number of nitrogens with one attached hydrogen (secondary N) is 1. The lowest BCUT2D eigenvalue weighted by Crippen LogP contribution is -2.55. The molecule has 2 aromatic rings. The Morgan fingerprint density at radius 2 is 1.96 bits per heavy atom. The summed E-state index contributed by atoms with van der Waals surface area (Å²) in [7, 11) is 0. The summed E-state index contributed by atoms with van der Waals surface area (Å²) in [6, 6.07) is 9.74. The van der Waals surface area contributed by atoms with Gasteiger partial charge in [-0.3, -0.25) is 9.69 Å². The minimum atomic E-state index is -0.0719. The molecule has 0 bridgehead atoms. The highest BCUT2D eigenvalue weighted by molar-refractivity contribution is 5.75. The Bertz CT molecular complexity index is 725. The van der Waals surface area contributed by atoms with E-state index in [1.54, 1.807) is 4.80 Å². The number of rotatable bonds is 8. The molecule has 2 heterocycles. The summed E-state index contributed by atoms with van der Waals surface area (Å²) in [5.74, 6) is 0.659. The van der Waals surface area contributed by atoms with Gasteiger partial charge in [0.25, 0.3) is 0 Å². The van der Waals surface area contributed by atoms with Gasteiger partial charge in [-0.15, -0.1) is 10.2 Å². The first kappa shape index (κ1) is 19.4. The van der Waals surface area contributed by atoms with Gasteiger partial charge in [-0.2, -0.15) is 4.80 Å². The van der Waals surface area contributed by atoms with Gasteiger partial charge in [0, 0.05) is 37.2 Å². The molecule has 0 saturated carbocycles. The van der Waals surface area contributed by atoms with E-state index >= 15 is 0 Å². The molecule has 27 heavy (non-hydrogen) atoms. The van der Waals surface area contributed by atoms with Crippen LogP contribution in [0.1, 0.15) is 26.7 Å². The highest BCUT2D eigenvalue weighted by atomic mass is 16.5. The highest BCUT2D eigenvalue weighted by Gasteiger charge is 2.28. The van der Waals surface area contributed by atoms with Crippen molar-refractivity contribution >= 4 is 5.91 Å². The Balaban J connectivity index is 1.39. The van der Waals surface area contributed by atoms with E-state index in [1.807, 2.05) is 30.3 Å². The summed E-state index contributed by atoms with van der Waals surface area (Å²) in [5.41, 5.74) is 0.865. The molecule has 1 amide bonds. The summed E-state index contributed by atoms with van der Waals surface area (Å²) in [4.78, 5) is 16.1. The first-order valence-electron chi connectivity index (χ1n) is 9.47. The van der Waals surface area contributed by atoms with E-state index in [0.717, 1.165) is 31.9 Å². The minimum Gasteiger partial charge on any atom is -0.379 e. The Morgan fingerprint density at radius 1 is 1.22 bits per heavy atom. The van der Waals surface area contributed by atoms with Gasteiger partial charge in [-0.05, 0) is 25.5 Å². The van der Waals surface area contributed by atoms with Crippen LogP contribution in [-0.4, -0.2) is 69.4 Å². The fraction of sp³-hybridized carbons (Fsp3) is 0.579. The Hall–Kier alpha value is -2.32. The smallest absolute Gasteiger partial charge is 0.220 e. The van der Waals surface area contributed by atoms with Crippen molar-refractivity contribution < 1.29 is 9.53 Å². The summed E-state index contributed by atoms with van der Waals surface area (Å²) in [6.07, 6.45) is 1.12. The molecular weight excluding hydrogens is 344 g/mol. The second-order valence-electron chi connectivity index (χ2n) is 7.37. The van der Waals surface area contributed by atoms with Crippen LogP contribution in [0.2, 0.25) is 0 Å². The van der Waals surface area contributed by atoms with Gasteiger partial charge in [0.2, 0.25) is 11.7 Å². The number of nitrogens with zero attached hydrogens (tertiary/aromatic N) is 5. The molecule has 0 aliphatic carbocycles. The number of ether oxygens (including phenoxy) is 1. The van der Waals surface area contributed by atoms with Crippen LogP contribution < -0.4 is 5.32 Å². The van der Waals surface area contributed by atoms with Crippen molar-refractivity contribution in [1.82, 2.24) is 30.4 Å². The second kappa shape index (κ2) is 9.05. The number of tetrazole rings is 1. The molecule has 1 fully saturated rings. The standard InChI is InChI=1S/C19H28N6O2/c1-19(2,24-11-13-27-14-12-24)15-20-17(26)9-6-10-25-22-18(21-23-25)16-7-4-3-5-8-16/h3-5,7-8H,6,9-15H2,1-2H3,(H,20,26). The maximum Gasteiger partial charge on any atom is 0.220 e. The fourth-order valence-electron chi connectivity index (χ4n) is 3.11. The molecule has 146 valence electrons. The van der Waals surface area contributed by atoms with Crippen molar-refractivity contribution in [3.8, 4) is 11.4 Å². The number of hydrogen-bond acceptors (Lipinski definition) is 6. The molecule has 0 radical (unpaired) electrons. The van der Waals surface area contributed by atoms with Crippen LogP contribution in [0.5, 0.6) is 0 Å². The van der Waals surface area contributed by atoms with Crippen LogP contribution in [0, 0.1) is 0 Å². The van der Waals surface area contributed by atoms with Gasteiger partial charge in [0.15, 0.2) is 0 Å². The number of aryl methyl sites for hydroxylation is 1. The molecule has 1 aromatic carbocycles. The quantitative estimate of drug-likeness (QED) is 0.753. The molecule has 1 aliphatic heterocycles. The van der Waals surface area contributed by atoms with Gasteiger partial charge in [-0.25, -0.2) is 0 Å². The van der Waals surface area contributed by atoms with E-state index in [0.29, 0.717) is 31.8 Å². The molecule has 1 aliphatic rings. The van der Waals surface area contributed by atoms with Crippen LogP contribution in [0.25, 0.3) is 11.4 Å². The zero-order valence-electron chi connectivity index (χ0n) is 16.1. The maximum atomic E-state index is 12.2. The van der Waals surface area contributed by atoms with E-state index in [2.05, 4.69) is 39.5 Å². The van der Waals surface area contributed by atoms with Crippen LogP contribution in [-0.2, 0) is 16.1 Å². The third kappa shape index (κ3) is 5.58. The van der Waals surface area contributed by atoms with Gasteiger partial charge in [0.1, 0.15) is 0 Å². The zero-order chi connectivity index (χ0) is 19.1. The molecule has 0 atom stereocenters. The molecular formula is C19H28N6O2. The van der Waals surface area contributed by atoms with Crippen molar-refractivity contribution in [3.05, 3.63) is 30.3 Å². The summed E-state index contributed by atoms with van der Waals surface area (Å²) >= 11 is 0. The first-order chi connectivity index (χ1) is 13.0. The monoisotopic (exact) mass is 372 g/mol. The Labute approximate surface area is 159 Å². The van der Waals surface area contributed by atoms with Gasteiger partial charge < -0.3 is 10.1 Å². The zero-order valence-corrected chi connectivity index (χ0v) is 16.1. The predicted octanol–water partition coefficient (Wildman–Crippen LogP) is 1.35. The van der Waals surface area contributed by atoms with Crippen LogP contribution in [0.4, 0.5) is 0 Å². The minimum absolute atomic E-state index is 0.0553. The maximum absolute atomic E-state index is 12.2. The normalized spacial score (nSPS) is 15.6. The van der Waals surface area contributed by atoms with Gasteiger partial charge >= 0.3 is 0 Å². The largest absolute Gasteiger partial charge is 0.379 e. The number of amides is 1. The lowest BCUT2D eigenvalue weighted by atomic mass is 10.0. The highest BCUT2D eigenvalue weighted by Crippen LogP contribution is 2.15. The predicted molar refractivity (Wildman–Crippen MR) is 102 cm³/mol. The average molecular weight is 372 g/mol. The first-order valence-corrected chi connectivity index (χ1v) is 9.47. The SMILES string of the molecule is CC(C)(CNC(=O)CCCn1nnc(-c2ccccc2)n1)N1CCOCC1. The van der Waals surface area contributed by atoms with Crippen molar-refractivity contribution in [2.24, 2.45) is 0 Å². The number of carbonyl (C=O) groups is 1. The number of morpholine rings is 1. The molecule has 8 nitrogen and oxygen atoms in total. The number of hydrogen-bond donors (Lipinski definition) is 1. The van der Waals surface area contributed by atoms with Crippen LogP contribution in [0.3, 0.4) is 0 Å². The molecule has 1 N–H and O–H groups in total. The lowest BCUT2D eigenvalue weighted by Gasteiger charge is -2.40. The molecule has 1 saturated heterocycles. The van der Waals surface area contributed by atoms with E-state index in [4.69, 9.17) is 4.74 Å². The van der Waals surface area contributed by atoms with Crippen molar-refractivity contribution in [3.63, 3.8) is 0 Å². The lowest BCUT2D eigenvalue weighted by molar-refractivity contribution is -0.122. The van der Waals surface area contributed by atoms with Crippen molar-refractivity contribution in [2.75, 3.05) is 32.8 Å². The molecule has 3 rings (SSSR count). The molecule has 0 unspecified atom stereocenters. The molecule has 1 aromatic heterocycles. The topological polar surface area (TPSA) is 85.2 Å². The van der Waals surface area contributed by atoms with E-state index in [1.165, 1.54) is 0 Å². The van der Waals surface area contributed by atoms with Crippen molar-refractivity contribution in [2.45, 2.75) is 38.8 Å². The molecule has 8 heteroatoms. The number of benzene rings is 1. The van der Waals surface area contributed by atoms with E-state index in [9.17, 15) is 4.79 Å². The number of carbonyl (C=O) groups excluding carboxylic acids is 1. The summed E-state index contributed by atoms with van der Waals surface area (Å²) < 4.78 is 5.40. The molecule has 0 spiro atoms. The third-order valence-electron chi connectivity index (χ3n) is 4.83.